The molecule has 4 rings (SSSR count). The molecule has 10 N–H and O–H groups in total. The minimum Gasteiger partial charge on any atom is -0.508 e. The highest BCUT2D eigenvalue weighted by Gasteiger charge is 2.68. The van der Waals surface area contributed by atoms with Crippen LogP contribution in [0.1, 0.15) is 24.0 Å². The Morgan fingerprint density at radius 3 is 2.31 bits per heavy atom. The zero-order chi connectivity index (χ0) is 27.0. The molecule has 3 aliphatic carbocycles. The van der Waals surface area contributed by atoms with E-state index in [1.54, 1.807) is 13.0 Å². The number of aliphatic hydroxyl groups excluding tert-OH is 3. The lowest BCUT2D eigenvalue weighted by Gasteiger charge is -2.53. The number of fused-ring (bicyclic) bond motifs is 3. The van der Waals surface area contributed by atoms with Crippen LogP contribution in [0.5, 0.6) is 5.75 Å². The number of Topliss-reactive ketones (excluding diaryl/α,β-unsaturated/α-hetero) is 2. The Morgan fingerprint density at radius 1 is 1.17 bits per heavy atom. The molecular weight excluding hydrogens is 492 g/mol. The number of phenols is 1. The van der Waals surface area contributed by atoms with Gasteiger partial charge in [-0.25, -0.2) is 0 Å². The largest absolute Gasteiger partial charge is 0.508 e. The zero-order valence-electron chi connectivity index (χ0n) is 19.5. The molecule has 1 aromatic carbocycles. The number of nitrogens with zero attached hydrogens (tertiary/aromatic N) is 1. The van der Waals surface area contributed by atoms with Gasteiger partial charge in [-0.15, -0.1) is 0 Å². The number of carbonyl (C=O) groups excluding carboxylic acids is 3. The first-order chi connectivity index (χ1) is 16.7. The van der Waals surface area contributed by atoms with Gasteiger partial charge in [0.2, 0.25) is 5.78 Å². The van der Waals surface area contributed by atoms with Crippen molar-refractivity contribution in [3.05, 3.63) is 40.2 Å². The smallest absolute Gasteiger partial charge is 0.255 e. The summed E-state index contributed by atoms with van der Waals surface area (Å²) in [5.41, 5.74) is 6.60. The summed E-state index contributed by atoms with van der Waals surface area (Å²) in [6, 6.07) is 1.59. The number of hydrogen-bond acceptors (Lipinski definition) is 10. The van der Waals surface area contributed by atoms with E-state index in [1.165, 1.54) is 25.1 Å². The number of benzene rings is 1. The SMILES string of the molecule is CC1c2ccc(NC(N)=S)c(O)c2C(O)=C2C(=O)C3(O)C(O)=C(C(N)=O)C(=O)C(N(C)C)C3C(O)C21. The van der Waals surface area contributed by atoms with Crippen LogP contribution in [-0.2, 0) is 14.4 Å². The maximum atomic E-state index is 13.9. The molecule has 0 aromatic heterocycles. The van der Waals surface area contributed by atoms with E-state index >= 15 is 0 Å². The van der Waals surface area contributed by atoms with Crippen molar-refractivity contribution in [3.63, 3.8) is 0 Å². The molecule has 13 heteroatoms. The second-order valence-electron chi connectivity index (χ2n) is 9.46. The molecule has 0 spiro atoms. The van der Waals surface area contributed by atoms with E-state index in [1.807, 2.05) is 0 Å². The van der Waals surface area contributed by atoms with Gasteiger partial charge in [0.25, 0.3) is 5.91 Å². The Kier molecular flexibility index (Phi) is 5.87. The number of rotatable bonds is 3. The molecular formula is C23H26N4O8S. The minimum atomic E-state index is -2.96. The van der Waals surface area contributed by atoms with Crippen LogP contribution < -0.4 is 16.8 Å². The van der Waals surface area contributed by atoms with Crippen molar-refractivity contribution in [2.45, 2.75) is 30.6 Å². The fraction of sp³-hybridized carbons (Fsp3) is 0.391. The number of amides is 1. The van der Waals surface area contributed by atoms with Gasteiger partial charge in [0.05, 0.1) is 29.3 Å². The molecule has 0 aliphatic heterocycles. The molecule has 192 valence electrons. The van der Waals surface area contributed by atoms with Crippen LogP contribution in [0.4, 0.5) is 5.69 Å². The Bertz CT molecular complexity index is 1310. The molecule has 1 aromatic rings. The number of likely N-dealkylation sites (N-methyl/N-ethyl adjacent to an activating group) is 1. The van der Waals surface area contributed by atoms with E-state index in [2.05, 4.69) is 5.32 Å². The van der Waals surface area contributed by atoms with Crippen molar-refractivity contribution in [2.24, 2.45) is 23.3 Å². The van der Waals surface area contributed by atoms with Crippen LogP contribution in [0.25, 0.3) is 5.76 Å². The van der Waals surface area contributed by atoms with Crippen LogP contribution in [-0.4, -0.2) is 84.9 Å². The number of anilines is 1. The highest BCUT2D eigenvalue weighted by Crippen LogP contribution is 2.56. The van der Waals surface area contributed by atoms with Crippen molar-refractivity contribution in [1.82, 2.24) is 4.90 Å². The van der Waals surface area contributed by atoms with Gasteiger partial charge in [0.1, 0.15) is 22.8 Å². The number of hydrogen-bond donors (Lipinski definition) is 8. The normalized spacial score (nSPS) is 31.7. The van der Waals surface area contributed by atoms with Crippen molar-refractivity contribution < 1.29 is 39.9 Å². The summed E-state index contributed by atoms with van der Waals surface area (Å²) in [7, 11) is 2.88. The predicted octanol–water partition coefficient (Wildman–Crippen LogP) is -0.849. The van der Waals surface area contributed by atoms with Gasteiger partial charge in [0.15, 0.2) is 16.5 Å². The lowest BCUT2D eigenvalue weighted by atomic mass is 9.54. The molecule has 0 bridgehead atoms. The maximum Gasteiger partial charge on any atom is 0.255 e. The average molecular weight is 519 g/mol. The van der Waals surface area contributed by atoms with E-state index in [9.17, 15) is 39.9 Å². The van der Waals surface area contributed by atoms with Crippen LogP contribution in [0, 0.1) is 11.8 Å². The Balaban J connectivity index is 2.04. The van der Waals surface area contributed by atoms with E-state index in [-0.39, 0.29) is 16.4 Å². The topological polar surface area (TPSA) is 220 Å². The van der Waals surface area contributed by atoms with Gasteiger partial charge in [0, 0.05) is 11.5 Å². The van der Waals surface area contributed by atoms with Crippen molar-refractivity contribution in [3.8, 4) is 5.75 Å². The monoisotopic (exact) mass is 518 g/mol. The Labute approximate surface area is 210 Å². The van der Waals surface area contributed by atoms with Crippen molar-refractivity contribution in [2.75, 3.05) is 19.4 Å². The maximum absolute atomic E-state index is 13.9. The Hall–Kier alpha value is -3.52. The van der Waals surface area contributed by atoms with E-state index in [0.29, 0.717) is 5.56 Å². The lowest BCUT2D eigenvalue weighted by Crippen LogP contribution is -2.70. The summed E-state index contributed by atoms with van der Waals surface area (Å²) < 4.78 is 0. The second kappa shape index (κ2) is 8.27. The summed E-state index contributed by atoms with van der Waals surface area (Å²) in [5.74, 6) is -9.55. The fourth-order valence-corrected chi connectivity index (χ4v) is 5.96. The fourth-order valence-electron chi connectivity index (χ4n) is 5.85. The van der Waals surface area contributed by atoms with Crippen molar-refractivity contribution in [1.29, 1.82) is 0 Å². The zero-order valence-corrected chi connectivity index (χ0v) is 20.3. The van der Waals surface area contributed by atoms with Crippen LogP contribution in [0.3, 0.4) is 0 Å². The number of carbonyl (C=O) groups is 3. The molecule has 1 saturated carbocycles. The number of thiocarbonyl (C=S) groups is 1. The van der Waals surface area contributed by atoms with Crippen LogP contribution in [0.15, 0.2) is 29.0 Å². The molecule has 6 unspecified atom stereocenters. The standard InChI is InChI=1S/C23H26N4O8S/c1-6-7-4-5-8(26-22(25)36)15(28)10(7)16(29)11-9(6)17(30)13-14(27(2)3)18(31)12(21(24)34)20(33)23(13,35)19(11)32/h4-6,9,13-14,17,28-30,33,35H,1-3H3,(H2,24,34)(H3,25,26,36). The number of primary amides is 1. The van der Waals surface area contributed by atoms with Gasteiger partial charge >= 0.3 is 0 Å². The first kappa shape index (κ1) is 25.6. The van der Waals surface area contributed by atoms with Gasteiger partial charge in [-0.05, 0) is 43.9 Å². The molecule has 0 saturated heterocycles. The highest BCUT2D eigenvalue weighted by molar-refractivity contribution is 7.80. The molecule has 0 heterocycles. The van der Waals surface area contributed by atoms with E-state index in [4.69, 9.17) is 23.7 Å². The third-order valence-corrected chi connectivity index (χ3v) is 7.49. The minimum absolute atomic E-state index is 0.0362. The third kappa shape index (κ3) is 3.17. The number of nitrogens with one attached hydrogen (secondary N) is 1. The molecule has 6 atom stereocenters. The summed E-state index contributed by atoms with van der Waals surface area (Å²) in [6.45, 7) is 1.64. The number of ketones is 2. The predicted molar refractivity (Wildman–Crippen MR) is 131 cm³/mol. The number of phenolic OH excluding ortho intramolecular Hbond substituents is 1. The van der Waals surface area contributed by atoms with Gasteiger partial charge in [-0.1, -0.05) is 13.0 Å². The number of nitrogens with two attached hydrogens (primary N) is 2. The van der Waals surface area contributed by atoms with Gasteiger partial charge in [-0.3, -0.25) is 19.3 Å². The second-order valence-corrected chi connectivity index (χ2v) is 9.90. The molecule has 12 nitrogen and oxygen atoms in total. The van der Waals surface area contributed by atoms with Crippen LogP contribution in [0.2, 0.25) is 0 Å². The Morgan fingerprint density at radius 2 is 1.78 bits per heavy atom. The number of aliphatic hydroxyl groups is 4. The summed E-state index contributed by atoms with van der Waals surface area (Å²) in [4.78, 5) is 40.3. The van der Waals surface area contributed by atoms with Gasteiger partial charge < -0.3 is 42.3 Å². The quantitative estimate of drug-likeness (QED) is 0.139. The number of aromatic hydroxyl groups is 1. The molecule has 0 radical (unpaired) electrons. The first-order valence-corrected chi connectivity index (χ1v) is 11.3. The lowest BCUT2D eigenvalue weighted by molar-refractivity contribution is -0.169. The first-order valence-electron chi connectivity index (χ1n) is 10.9. The van der Waals surface area contributed by atoms with Gasteiger partial charge in [-0.2, -0.15) is 0 Å². The van der Waals surface area contributed by atoms with Crippen LogP contribution >= 0.6 is 12.2 Å². The van der Waals surface area contributed by atoms with E-state index < -0.39 is 81.4 Å². The van der Waals surface area contributed by atoms with Crippen molar-refractivity contribution >= 4 is 46.3 Å². The van der Waals surface area contributed by atoms with E-state index in [0.717, 1.165) is 0 Å². The molecule has 36 heavy (non-hydrogen) atoms. The summed E-state index contributed by atoms with van der Waals surface area (Å²) in [6.07, 6.45) is -1.66. The summed E-state index contributed by atoms with van der Waals surface area (Å²) >= 11 is 4.80. The summed E-state index contributed by atoms with van der Waals surface area (Å²) in [5, 5.41) is 58.5. The average Bonchev–Trinajstić information content (AvgIpc) is 2.77. The molecule has 3 aliphatic rings. The molecule has 1 fully saturated rings. The third-order valence-electron chi connectivity index (χ3n) is 7.39. The highest BCUT2D eigenvalue weighted by atomic mass is 32.1. The molecule has 1 amide bonds.